The molecule has 1 atom stereocenters. The fraction of sp³-hybridized carbons (Fsp3) is 0.364. The van der Waals surface area contributed by atoms with Crippen LogP contribution in [-0.2, 0) is 4.79 Å². The lowest BCUT2D eigenvalue weighted by Gasteiger charge is -2.15. The first-order valence-corrected chi connectivity index (χ1v) is 5.05. The number of carbonyl (C=O) groups is 1. The van der Waals surface area contributed by atoms with E-state index in [4.69, 9.17) is 25.8 Å². The molecule has 0 bridgehead atoms. The molecule has 0 saturated carbocycles. The van der Waals surface area contributed by atoms with E-state index in [-0.39, 0.29) is 0 Å². The highest BCUT2D eigenvalue weighted by molar-refractivity contribution is 6.64. The van der Waals surface area contributed by atoms with Gasteiger partial charge in [-0.05, 0) is 30.7 Å². The number of hydrogen-bond acceptors (Lipinski definition) is 4. The van der Waals surface area contributed by atoms with Gasteiger partial charge in [-0.1, -0.05) is 6.07 Å². The lowest BCUT2D eigenvalue weighted by atomic mass is 10.3. The van der Waals surface area contributed by atoms with Gasteiger partial charge in [0, 0.05) is 0 Å². The Bertz CT molecular complexity index is 378. The second-order valence-corrected chi connectivity index (χ2v) is 3.43. The predicted molar refractivity (Wildman–Crippen MR) is 60.5 cm³/mol. The van der Waals surface area contributed by atoms with Crippen molar-refractivity contribution in [1.29, 1.82) is 0 Å². The Morgan fingerprint density at radius 3 is 2.38 bits per heavy atom. The molecule has 0 N–H and O–H groups in total. The van der Waals surface area contributed by atoms with E-state index in [9.17, 15) is 4.79 Å². The molecule has 0 fully saturated rings. The molecule has 88 valence electrons. The van der Waals surface area contributed by atoms with Crippen LogP contribution in [0.5, 0.6) is 17.2 Å². The van der Waals surface area contributed by atoms with Gasteiger partial charge in [-0.3, -0.25) is 4.79 Å². The van der Waals surface area contributed by atoms with Gasteiger partial charge in [-0.25, -0.2) is 0 Å². The number of benzene rings is 1. The van der Waals surface area contributed by atoms with E-state index in [2.05, 4.69) is 0 Å². The van der Waals surface area contributed by atoms with E-state index in [1.165, 1.54) is 14.2 Å². The minimum atomic E-state index is -0.734. The van der Waals surface area contributed by atoms with Crippen molar-refractivity contribution < 1.29 is 19.0 Å². The van der Waals surface area contributed by atoms with Crippen LogP contribution in [0.2, 0.25) is 0 Å². The molecule has 0 spiro atoms. The molecule has 0 saturated heterocycles. The molecule has 0 heterocycles. The van der Waals surface area contributed by atoms with Crippen LogP contribution in [0.3, 0.4) is 0 Å². The molecule has 0 radical (unpaired) electrons. The second kappa shape index (κ2) is 5.61. The number of methoxy groups -OCH3 is 2. The van der Waals surface area contributed by atoms with Crippen LogP contribution in [0, 0.1) is 0 Å². The van der Waals surface area contributed by atoms with Crippen molar-refractivity contribution in [2.75, 3.05) is 14.2 Å². The summed E-state index contributed by atoms with van der Waals surface area (Å²) in [5, 5.41) is -0.565. The van der Waals surface area contributed by atoms with E-state index in [0.29, 0.717) is 17.2 Å². The van der Waals surface area contributed by atoms with E-state index in [1.54, 1.807) is 25.1 Å². The number of para-hydroxylation sites is 1. The zero-order valence-electron chi connectivity index (χ0n) is 9.32. The highest BCUT2D eigenvalue weighted by Gasteiger charge is 2.16. The van der Waals surface area contributed by atoms with Crippen molar-refractivity contribution in [2.24, 2.45) is 0 Å². The molecule has 1 unspecified atom stereocenters. The molecule has 0 amide bonds. The van der Waals surface area contributed by atoms with Gasteiger partial charge in [0.05, 0.1) is 14.2 Å². The fourth-order valence-corrected chi connectivity index (χ4v) is 1.23. The number of rotatable bonds is 5. The predicted octanol–water partition coefficient (Wildman–Crippen LogP) is 2.24. The molecule has 5 heteroatoms. The molecular formula is C11H13ClO4. The smallest absolute Gasteiger partial charge is 0.262 e. The van der Waals surface area contributed by atoms with Crippen LogP contribution in [0.4, 0.5) is 0 Å². The molecule has 0 aliphatic heterocycles. The summed E-state index contributed by atoms with van der Waals surface area (Å²) in [4.78, 5) is 10.9. The zero-order valence-corrected chi connectivity index (χ0v) is 10.1. The maximum absolute atomic E-state index is 10.9. The van der Waals surface area contributed by atoms with Gasteiger partial charge in [-0.2, -0.15) is 0 Å². The molecule has 0 aliphatic rings. The molecule has 0 aliphatic carbocycles. The molecule has 16 heavy (non-hydrogen) atoms. The highest BCUT2D eigenvalue weighted by atomic mass is 35.5. The van der Waals surface area contributed by atoms with Crippen LogP contribution in [-0.4, -0.2) is 25.6 Å². The summed E-state index contributed by atoms with van der Waals surface area (Å²) < 4.78 is 15.6. The Balaban J connectivity index is 2.99. The Kier molecular flexibility index (Phi) is 4.43. The summed E-state index contributed by atoms with van der Waals surface area (Å²) in [6, 6.07) is 5.15. The monoisotopic (exact) mass is 244 g/mol. The van der Waals surface area contributed by atoms with Crippen LogP contribution in [0.15, 0.2) is 18.2 Å². The molecule has 1 aromatic rings. The first-order chi connectivity index (χ1) is 7.60. The van der Waals surface area contributed by atoms with Gasteiger partial charge in [0.15, 0.2) is 17.6 Å². The van der Waals surface area contributed by atoms with Crippen molar-refractivity contribution >= 4 is 16.8 Å². The summed E-state index contributed by atoms with van der Waals surface area (Å²) in [6.45, 7) is 1.56. The molecule has 4 nitrogen and oxygen atoms in total. The van der Waals surface area contributed by atoms with Crippen LogP contribution in [0.25, 0.3) is 0 Å². The Morgan fingerprint density at radius 2 is 1.88 bits per heavy atom. The number of ether oxygens (including phenoxy) is 3. The summed E-state index contributed by atoms with van der Waals surface area (Å²) in [7, 11) is 3.02. The second-order valence-electron chi connectivity index (χ2n) is 3.06. The Hall–Kier alpha value is -1.42. The average molecular weight is 245 g/mol. The average Bonchev–Trinajstić information content (AvgIpc) is 2.28. The lowest BCUT2D eigenvalue weighted by Crippen LogP contribution is -2.19. The molecular weight excluding hydrogens is 232 g/mol. The normalized spacial score (nSPS) is 11.8. The Morgan fingerprint density at radius 1 is 1.25 bits per heavy atom. The lowest BCUT2D eigenvalue weighted by molar-refractivity contribution is -0.117. The first-order valence-electron chi connectivity index (χ1n) is 4.67. The van der Waals surface area contributed by atoms with Crippen molar-refractivity contribution in [3.05, 3.63) is 18.2 Å². The van der Waals surface area contributed by atoms with Gasteiger partial charge in [-0.15, -0.1) is 0 Å². The quantitative estimate of drug-likeness (QED) is 0.745. The summed E-state index contributed by atoms with van der Waals surface area (Å²) in [5.74, 6) is 1.40. The van der Waals surface area contributed by atoms with Crippen LogP contribution in [0.1, 0.15) is 6.92 Å². The molecule has 1 aromatic carbocycles. The maximum atomic E-state index is 10.9. The third-order valence-corrected chi connectivity index (χ3v) is 2.30. The van der Waals surface area contributed by atoms with Gasteiger partial charge in [0.25, 0.3) is 5.24 Å². The number of hydrogen-bond donors (Lipinski definition) is 0. The van der Waals surface area contributed by atoms with Gasteiger partial charge in [0.1, 0.15) is 0 Å². The van der Waals surface area contributed by atoms with Crippen LogP contribution < -0.4 is 14.2 Å². The standard InChI is InChI=1S/C11H13ClO4/c1-7(11(12)13)16-9-6-4-5-8(14-2)10(9)15-3/h4-7H,1-3H3. The van der Waals surface area contributed by atoms with E-state index >= 15 is 0 Å². The fourth-order valence-electron chi connectivity index (χ4n) is 1.19. The SMILES string of the molecule is COc1cccc(OC(C)C(=O)Cl)c1OC. The van der Waals surface area contributed by atoms with Crippen molar-refractivity contribution in [3.63, 3.8) is 0 Å². The Labute approximate surface area is 99.1 Å². The third-order valence-electron chi connectivity index (χ3n) is 1.99. The summed E-state index contributed by atoms with van der Waals surface area (Å²) in [5.41, 5.74) is 0. The molecule has 0 aromatic heterocycles. The van der Waals surface area contributed by atoms with Crippen molar-refractivity contribution in [3.8, 4) is 17.2 Å². The van der Waals surface area contributed by atoms with E-state index in [1.807, 2.05) is 0 Å². The van der Waals surface area contributed by atoms with Crippen molar-refractivity contribution in [1.82, 2.24) is 0 Å². The number of carbonyl (C=O) groups excluding carboxylic acids is 1. The van der Waals surface area contributed by atoms with Gasteiger partial charge < -0.3 is 14.2 Å². The van der Waals surface area contributed by atoms with E-state index in [0.717, 1.165) is 0 Å². The largest absolute Gasteiger partial charge is 0.493 e. The zero-order chi connectivity index (χ0) is 12.1. The topological polar surface area (TPSA) is 44.8 Å². The van der Waals surface area contributed by atoms with Gasteiger partial charge in [0.2, 0.25) is 5.75 Å². The van der Waals surface area contributed by atoms with Crippen LogP contribution >= 0.6 is 11.6 Å². The van der Waals surface area contributed by atoms with Gasteiger partial charge >= 0.3 is 0 Å². The minimum absolute atomic E-state index is 0.420. The highest BCUT2D eigenvalue weighted by Crippen LogP contribution is 2.37. The third kappa shape index (κ3) is 2.79. The van der Waals surface area contributed by atoms with Crippen molar-refractivity contribution in [2.45, 2.75) is 13.0 Å². The first kappa shape index (κ1) is 12.6. The van der Waals surface area contributed by atoms with E-state index < -0.39 is 11.3 Å². The number of halogens is 1. The minimum Gasteiger partial charge on any atom is -0.493 e. The maximum Gasteiger partial charge on any atom is 0.262 e. The molecule has 1 rings (SSSR count). The summed E-state index contributed by atoms with van der Waals surface area (Å²) in [6.07, 6.45) is -0.734. The summed E-state index contributed by atoms with van der Waals surface area (Å²) >= 11 is 5.31.